The predicted molar refractivity (Wildman–Crippen MR) is 97.8 cm³/mol. The summed E-state index contributed by atoms with van der Waals surface area (Å²) >= 11 is 0. The van der Waals surface area contributed by atoms with Crippen molar-refractivity contribution in [2.45, 2.75) is 34.2 Å². The lowest BCUT2D eigenvalue weighted by Gasteiger charge is -2.13. The number of hydrogen-bond acceptors (Lipinski definition) is 4. The molecule has 1 N–H and O–H groups in total. The summed E-state index contributed by atoms with van der Waals surface area (Å²) in [5, 5.41) is 3.37. The molecule has 0 aliphatic carbocycles. The Kier molecular flexibility index (Phi) is 4.35. The van der Waals surface area contributed by atoms with Gasteiger partial charge in [-0.1, -0.05) is 12.1 Å². The molecule has 0 fully saturated rings. The van der Waals surface area contributed by atoms with Crippen molar-refractivity contribution in [3.8, 4) is 0 Å². The average molecular weight is 336 g/mol. The van der Waals surface area contributed by atoms with Crippen molar-refractivity contribution < 1.29 is 4.79 Å². The van der Waals surface area contributed by atoms with Crippen molar-refractivity contribution in [1.82, 2.24) is 14.5 Å². The number of rotatable bonds is 3. The van der Waals surface area contributed by atoms with Crippen LogP contribution in [0.5, 0.6) is 0 Å². The summed E-state index contributed by atoms with van der Waals surface area (Å²) in [6, 6.07) is 7.36. The van der Waals surface area contributed by atoms with Gasteiger partial charge in [0.05, 0.1) is 28.6 Å². The lowest BCUT2D eigenvalue weighted by atomic mass is 10.1. The molecule has 25 heavy (non-hydrogen) atoms. The lowest BCUT2D eigenvalue weighted by Crippen LogP contribution is -2.28. The first kappa shape index (κ1) is 16.8. The highest BCUT2D eigenvalue weighted by atomic mass is 16.2. The number of pyridine rings is 1. The summed E-state index contributed by atoms with van der Waals surface area (Å²) in [6.07, 6.45) is 1.42. The van der Waals surface area contributed by atoms with Crippen LogP contribution in [0.3, 0.4) is 0 Å². The lowest BCUT2D eigenvalue weighted by molar-refractivity contribution is -0.116. The molecule has 0 unspecified atom stereocenters. The molecule has 6 nitrogen and oxygen atoms in total. The number of fused-ring (bicyclic) bond motifs is 1. The van der Waals surface area contributed by atoms with E-state index in [1.54, 1.807) is 6.07 Å². The van der Waals surface area contributed by atoms with Gasteiger partial charge in [-0.2, -0.15) is 0 Å². The van der Waals surface area contributed by atoms with Gasteiger partial charge in [-0.25, -0.2) is 4.98 Å². The Hall–Kier alpha value is -3.02. The van der Waals surface area contributed by atoms with Gasteiger partial charge in [-0.15, -0.1) is 0 Å². The van der Waals surface area contributed by atoms with Crippen LogP contribution in [0, 0.1) is 27.7 Å². The molecule has 3 aromatic rings. The number of hydrogen-bond donors (Lipinski definition) is 1. The zero-order chi connectivity index (χ0) is 18.1. The van der Waals surface area contributed by atoms with Crippen LogP contribution in [0.1, 0.15) is 22.5 Å². The third kappa shape index (κ3) is 3.28. The van der Waals surface area contributed by atoms with E-state index >= 15 is 0 Å². The summed E-state index contributed by atoms with van der Waals surface area (Å²) in [7, 11) is 0. The fourth-order valence-corrected chi connectivity index (χ4v) is 3.00. The molecule has 0 radical (unpaired) electrons. The Morgan fingerprint density at radius 2 is 1.92 bits per heavy atom. The van der Waals surface area contributed by atoms with Gasteiger partial charge in [0.1, 0.15) is 6.54 Å². The average Bonchev–Trinajstić information content (AvgIpc) is 2.54. The summed E-state index contributed by atoms with van der Waals surface area (Å²) in [4.78, 5) is 33.7. The van der Waals surface area contributed by atoms with E-state index in [1.165, 1.54) is 10.9 Å². The van der Waals surface area contributed by atoms with Crippen LogP contribution in [0.4, 0.5) is 5.69 Å². The van der Waals surface area contributed by atoms with E-state index in [1.807, 2.05) is 45.9 Å². The van der Waals surface area contributed by atoms with Crippen molar-refractivity contribution in [2.24, 2.45) is 0 Å². The van der Waals surface area contributed by atoms with Gasteiger partial charge in [0, 0.05) is 5.69 Å². The third-order valence-electron chi connectivity index (χ3n) is 4.16. The molecule has 0 saturated carbocycles. The molecule has 0 atom stereocenters. The number of carbonyl (C=O) groups is 1. The number of benzene rings is 1. The number of para-hydroxylation sites is 1. The molecule has 0 bridgehead atoms. The van der Waals surface area contributed by atoms with Crippen LogP contribution >= 0.6 is 0 Å². The van der Waals surface area contributed by atoms with Crippen molar-refractivity contribution in [1.29, 1.82) is 0 Å². The number of nitrogens with zero attached hydrogens (tertiary/aromatic N) is 3. The first-order valence-corrected chi connectivity index (χ1v) is 8.06. The van der Waals surface area contributed by atoms with Crippen LogP contribution in [-0.2, 0) is 11.3 Å². The maximum Gasteiger partial charge on any atom is 0.261 e. The summed E-state index contributed by atoms with van der Waals surface area (Å²) in [6.45, 7) is 7.49. The normalized spacial score (nSPS) is 10.9. The Labute approximate surface area is 145 Å². The first-order valence-electron chi connectivity index (χ1n) is 8.06. The zero-order valence-electron chi connectivity index (χ0n) is 14.8. The number of aromatic nitrogens is 3. The van der Waals surface area contributed by atoms with Gasteiger partial charge in [0.2, 0.25) is 5.91 Å². The minimum Gasteiger partial charge on any atom is -0.323 e. The van der Waals surface area contributed by atoms with E-state index in [-0.39, 0.29) is 18.0 Å². The summed E-state index contributed by atoms with van der Waals surface area (Å²) < 4.78 is 1.32. The standard InChI is InChI=1S/C19H20N4O2/c1-11-6-5-7-15-18(11)20-10-23(19(15)25)9-16(24)22-17-12(2)8-13(3)21-14(17)4/h5-8,10H,9H2,1-4H3,(H,22,24). The highest BCUT2D eigenvalue weighted by Gasteiger charge is 2.12. The zero-order valence-corrected chi connectivity index (χ0v) is 14.8. The fourth-order valence-electron chi connectivity index (χ4n) is 3.00. The number of aryl methyl sites for hydroxylation is 4. The van der Waals surface area contributed by atoms with Crippen molar-refractivity contribution in [3.63, 3.8) is 0 Å². The number of amides is 1. The molecule has 0 aliphatic rings. The first-order chi connectivity index (χ1) is 11.9. The van der Waals surface area contributed by atoms with Crippen LogP contribution in [-0.4, -0.2) is 20.4 Å². The molecule has 0 saturated heterocycles. The summed E-state index contributed by atoms with van der Waals surface area (Å²) in [5.41, 5.74) is 4.66. The number of anilines is 1. The predicted octanol–water partition coefficient (Wildman–Crippen LogP) is 2.66. The molecule has 1 aromatic carbocycles. The van der Waals surface area contributed by atoms with E-state index < -0.39 is 0 Å². The molecule has 1 amide bonds. The smallest absolute Gasteiger partial charge is 0.261 e. The number of nitrogens with one attached hydrogen (secondary N) is 1. The van der Waals surface area contributed by atoms with Gasteiger partial charge < -0.3 is 5.32 Å². The Morgan fingerprint density at radius 3 is 2.64 bits per heavy atom. The van der Waals surface area contributed by atoms with E-state index in [2.05, 4.69) is 15.3 Å². The summed E-state index contributed by atoms with van der Waals surface area (Å²) in [5.74, 6) is -0.284. The van der Waals surface area contributed by atoms with Gasteiger partial charge in [-0.05, 0) is 51.0 Å². The van der Waals surface area contributed by atoms with Crippen molar-refractivity contribution in [2.75, 3.05) is 5.32 Å². The largest absolute Gasteiger partial charge is 0.323 e. The van der Waals surface area contributed by atoms with Crippen LogP contribution in [0.25, 0.3) is 10.9 Å². The van der Waals surface area contributed by atoms with Crippen LogP contribution < -0.4 is 10.9 Å². The highest BCUT2D eigenvalue weighted by molar-refractivity contribution is 5.92. The van der Waals surface area contributed by atoms with Crippen molar-refractivity contribution >= 4 is 22.5 Å². The van der Waals surface area contributed by atoms with E-state index in [0.717, 1.165) is 22.5 Å². The SMILES string of the molecule is Cc1cc(C)c(NC(=O)Cn2cnc3c(C)cccc3c2=O)c(C)n1. The molecule has 3 rings (SSSR count). The second-order valence-corrected chi connectivity index (χ2v) is 6.24. The van der Waals surface area contributed by atoms with E-state index in [4.69, 9.17) is 0 Å². The molecule has 0 aliphatic heterocycles. The van der Waals surface area contributed by atoms with Gasteiger partial charge in [0.25, 0.3) is 5.56 Å². The van der Waals surface area contributed by atoms with Crippen LogP contribution in [0.15, 0.2) is 35.4 Å². The maximum atomic E-state index is 12.6. The maximum absolute atomic E-state index is 12.6. The van der Waals surface area contributed by atoms with Crippen LogP contribution in [0.2, 0.25) is 0 Å². The Bertz CT molecular complexity index is 1010. The molecule has 2 aromatic heterocycles. The topological polar surface area (TPSA) is 76.9 Å². The molecule has 6 heteroatoms. The second-order valence-electron chi connectivity index (χ2n) is 6.24. The van der Waals surface area contributed by atoms with E-state index in [9.17, 15) is 9.59 Å². The molecular weight excluding hydrogens is 316 g/mol. The highest BCUT2D eigenvalue weighted by Crippen LogP contribution is 2.19. The van der Waals surface area contributed by atoms with Gasteiger partial charge in [-0.3, -0.25) is 19.1 Å². The molecule has 0 spiro atoms. The fraction of sp³-hybridized carbons (Fsp3) is 0.263. The minimum atomic E-state index is -0.284. The van der Waals surface area contributed by atoms with Gasteiger partial charge in [0.15, 0.2) is 0 Å². The second kappa shape index (κ2) is 6.47. The number of carbonyl (C=O) groups excluding carboxylic acids is 1. The third-order valence-corrected chi connectivity index (χ3v) is 4.16. The molecular formula is C19H20N4O2. The Morgan fingerprint density at radius 1 is 1.16 bits per heavy atom. The van der Waals surface area contributed by atoms with Crippen molar-refractivity contribution in [3.05, 3.63) is 63.5 Å². The molecule has 2 heterocycles. The monoisotopic (exact) mass is 336 g/mol. The van der Waals surface area contributed by atoms with E-state index in [0.29, 0.717) is 16.6 Å². The quantitative estimate of drug-likeness (QED) is 0.798. The Balaban J connectivity index is 1.88. The minimum absolute atomic E-state index is 0.0948. The van der Waals surface area contributed by atoms with Gasteiger partial charge >= 0.3 is 0 Å². The molecule has 128 valence electrons.